The van der Waals surface area contributed by atoms with E-state index < -0.39 is 0 Å². The maximum absolute atomic E-state index is 4.65. The summed E-state index contributed by atoms with van der Waals surface area (Å²) in [6.07, 6.45) is 9.25. The van der Waals surface area contributed by atoms with Crippen molar-refractivity contribution in [3.05, 3.63) is 40.3 Å². The number of halogens is 1. The van der Waals surface area contributed by atoms with Gasteiger partial charge in [0.05, 0.1) is 22.4 Å². The molecule has 104 valence electrons. The van der Waals surface area contributed by atoms with Crippen LogP contribution in [0.2, 0.25) is 0 Å². The molecule has 1 unspecified atom stereocenters. The fourth-order valence-electron chi connectivity index (χ4n) is 2.77. The summed E-state index contributed by atoms with van der Waals surface area (Å²) < 4.78 is 5.21. The van der Waals surface area contributed by atoms with Gasteiger partial charge in [0.1, 0.15) is 0 Å². The number of hydrogen-bond acceptors (Lipinski definition) is 4. The first kappa shape index (κ1) is 12.6. The Morgan fingerprint density at radius 1 is 1.40 bits per heavy atom. The average molecular weight is 352 g/mol. The summed E-state index contributed by atoms with van der Waals surface area (Å²) in [4.78, 5) is 8.17. The number of fused-ring (bicyclic) bond motifs is 1. The second-order valence-electron chi connectivity index (χ2n) is 5.14. The molecular formula is C13H14BrN5S. The second kappa shape index (κ2) is 4.98. The Hall–Kier alpha value is -1.18. The Morgan fingerprint density at radius 2 is 2.35 bits per heavy atom. The average Bonchev–Trinajstić information content (AvgIpc) is 3.12. The predicted molar refractivity (Wildman–Crippen MR) is 81.9 cm³/mol. The molecule has 5 nitrogen and oxygen atoms in total. The van der Waals surface area contributed by atoms with Crippen LogP contribution in [0.5, 0.6) is 0 Å². The first-order chi connectivity index (χ1) is 9.78. The molecule has 0 radical (unpaired) electrons. The van der Waals surface area contributed by atoms with Gasteiger partial charge in [0, 0.05) is 43.6 Å². The number of nitrogens with zero attached hydrogens (tertiary/aromatic N) is 5. The van der Waals surface area contributed by atoms with Crippen molar-refractivity contribution in [1.82, 2.24) is 24.1 Å². The first-order valence-corrected chi connectivity index (χ1v) is 8.28. The number of aromatic nitrogens is 4. The molecule has 20 heavy (non-hydrogen) atoms. The Kier molecular flexibility index (Phi) is 3.13. The second-order valence-corrected chi connectivity index (χ2v) is 6.93. The van der Waals surface area contributed by atoms with Crippen LogP contribution < -0.4 is 0 Å². The minimum Gasteiger partial charge on any atom is -0.297 e. The van der Waals surface area contributed by atoms with Crippen LogP contribution in [0.15, 0.2) is 34.6 Å². The molecule has 7 heteroatoms. The third-order valence-corrected chi connectivity index (χ3v) is 4.90. The van der Waals surface area contributed by atoms with Crippen molar-refractivity contribution in [2.45, 2.75) is 19.0 Å². The summed E-state index contributed by atoms with van der Waals surface area (Å²) >= 11 is 5.13. The summed E-state index contributed by atoms with van der Waals surface area (Å²) in [5.74, 6) is 0. The van der Waals surface area contributed by atoms with Crippen LogP contribution in [-0.4, -0.2) is 37.2 Å². The zero-order valence-electron chi connectivity index (χ0n) is 10.8. The first-order valence-electron chi connectivity index (χ1n) is 6.61. The highest BCUT2D eigenvalue weighted by atomic mass is 79.9. The maximum Gasteiger partial charge on any atom is 0.193 e. The summed E-state index contributed by atoms with van der Waals surface area (Å²) in [7, 11) is 0. The Bertz CT molecular complexity index is 701. The predicted octanol–water partition coefficient (Wildman–Crippen LogP) is 2.80. The van der Waals surface area contributed by atoms with E-state index in [4.69, 9.17) is 0 Å². The Balaban J connectivity index is 1.44. The van der Waals surface area contributed by atoms with Gasteiger partial charge in [-0.1, -0.05) is 0 Å². The quantitative estimate of drug-likeness (QED) is 0.728. The van der Waals surface area contributed by atoms with Crippen LogP contribution in [0.1, 0.15) is 18.2 Å². The third kappa shape index (κ3) is 2.30. The van der Waals surface area contributed by atoms with E-state index in [2.05, 4.69) is 64.0 Å². The van der Waals surface area contributed by atoms with Crippen molar-refractivity contribution in [1.29, 1.82) is 0 Å². The molecule has 1 fully saturated rings. The van der Waals surface area contributed by atoms with Gasteiger partial charge in [-0.2, -0.15) is 5.10 Å². The molecular weight excluding hydrogens is 338 g/mol. The van der Waals surface area contributed by atoms with Gasteiger partial charge >= 0.3 is 0 Å². The summed E-state index contributed by atoms with van der Waals surface area (Å²) in [6, 6.07) is 0.477. The summed E-state index contributed by atoms with van der Waals surface area (Å²) in [5, 5.41) is 6.45. The van der Waals surface area contributed by atoms with Gasteiger partial charge in [0.15, 0.2) is 4.96 Å². The van der Waals surface area contributed by atoms with E-state index >= 15 is 0 Å². The van der Waals surface area contributed by atoms with Crippen molar-refractivity contribution < 1.29 is 0 Å². The molecule has 1 saturated heterocycles. The molecule has 4 heterocycles. The lowest BCUT2D eigenvalue weighted by atomic mass is 10.3. The smallest absolute Gasteiger partial charge is 0.193 e. The molecule has 1 aliphatic heterocycles. The van der Waals surface area contributed by atoms with Crippen molar-refractivity contribution in [2.24, 2.45) is 0 Å². The third-order valence-electron chi connectivity index (χ3n) is 3.72. The van der Waals surface area contributed by atoms with Crippen LogP contribution >= 0.6 is 27.3 Å². The van der Waals surface area contributed by atoms with Crippen LogP contribution in [-0.2, 0) is 6.54 Å². The summed E-state index contributed by atoms with van der Waals surface area (Å²) in [5.41, 5.74) is 1.15. The number of likely N-dealkylation sites (tertiary alicyclic amines) is 1. The highest BCUT2D eigenvalue weighted by Crippen LogP contribution is 2.24. The van der Waals surface area contributed by atoms with E-state index in [1.165, 1.54) is 0 Å². The molecule has 3 aromatic rings. The molecule has 0 amide bonds. The molecule has 3 aromatic heterocycles. The number of imidazole rings is 1. The zero-order valence-corrected chi connectivity index (χ0v) is 13.2. The van der Waals surface area contributed by atoms with E-state index in [0.717, 1.165) is 41.2 Å². The molecule has 0 saturated carbocycles. The van der Waals surface area contributed by atoms with Crippen LogP contribution in [0.4, 0.5) is 0 Å². The van der Waals surface area contributed by atoms with Crippen molar-refractivity contribution >= 4 is 32.2 Å². The number of thiazole rings is 1. The summed E-state index contributed by atoms with van der Waals surface area (Å²) in [6.45, 7) is 3.07. The van der Waals surface area contributed by atoms with Crippen molar-refractivity contribution in [3.8, 4) is 0 Å². The van der Waals surface area contributed by atoms with Crippen molar-refractivity contribution in [2.75, 3.05) is 13.1 Å². The Morgan fingerprint density at radius 3 is 3.15 bits per heavy atom. The monoisotopic (exact) mass is 351 g/mol. The number of rotatable bonds is 3. The van der Waals surface area contributed by atoms with Gasteiger partial charge in [-0.05, 0) is 22.4 Å². The van der Waals surface area contributed by atoms with Crippen molar-refractivity contribution in [3.63, 3.8) is 0 Å². The van der Waals surface area contributed by atoms with Gasteiger partial charge in [0.2, 0.25) is 0 Å². The standard InChI is InChI=1S/C13H14BrN5S/c14-10-5-15-19(6-10)12-1-2-17(9-12)7-11-8-18-3-4-20-13(18)16-11/h3-6,8,12H,1-2,7,9H2. The lowest BCUT2D eigenvalue weighted by Gasteiger charge is -2.14. The van der Waals surface area contributed by atoms with Gasteiger partial charge in [-0.3, -0.25) is 14.0 Å². The molecule has 0 aromatic carbocycles. The van der Waals surface area contributed by atoms with Gasteiger partial charge in [0.25, 0.3) is 0 Å². The van der Waals surface area contributed by atoms with Gasteiger partial charge < -0.3 is 0 Å². The van der Waals surface area contributed by atoms with E-state index in [1.54, 1.807) is 11.3 Å². The highest BCUT2D eigenvalue weighted by molar-refractivity contribution is 9.10. The van der Waals surface area contributed by atoms with E-state index in [1.807, 2.05) is 6.20 Å². The molecule has 0 N–H and O–H groups in total. The fourth-order valence-corrected chi connectivity index (χ4v) is 3.79. The number of hydrogen-bond donors (Lipinski definition) is 0. The highest BCUT2D eigenvalue weighted by Gasteiger charge is 2.25. The SMILES string of the molecule is Brc1cnn(C2CCN(Cc3cn4ccsc4n3)C2)c1. The molecule has 1 aliphatic rings. The van der Waals surface area contributed by atoms with Gasteiger partial charge in [-0.15, -0.1) is 11.3 Å². The topological polar surface area (TPSA) is 38.4 Å². The van der Waals surface area contributed by atoms with Crippen LogP contribution in [0, 0.1) is 0 Å². The zero-order chi connectivity index (χ0) is 13.5. The normalized spacial score (nSPS) is 20.1. The fraction of sp³-hybridized carbons (Fsp3) is 0.385. The van der Waals surface area contributed by atoms with Gasteiger partial charge in [-0.25, -0.2) is 4.98 Å². The molecule has 0 spiro atoms. The minimum absolute atomic E-state index is 0.477. The van der Waals surface area contributed by atoms with Crippen LogP contribution in [0.25, 0.3) is 4.96 Å². The molecule has 0 bridgehead atoms. The lowest BCUT2D eigenvalue weighted by Crippen LogP contribution is -2.21. The molecule has 4 rings (SSSR count). The lowest BCUT2D eigenvalue weighted by molar-refractivity contribution is 0.308. The van der Waals surface area contributed by atoms with E-state index in [9.17, 15) is 0 Å². The molecule has 0 aliphatic carbocycles. The molecule has 1 atom stereocenters. The van der Waals surface area contributed by atoms with E-state index in [0.29, 0.717) is 6.04 Å². The largest absolute Gasteiger partial charge is 0.297 e. The minimum atomic E-state index is 0.477. The Labute approximate surface area is 129 Å². The van der Waals surface area contributed by atoms with Crippen LogP contribution in [0.3, 0.4) is 0 Å². The van der Waals surface area contributed by atoms with E-state index in [-0.39, 0.29) is 0 Å². The maximum atomic E-state index is 4.65.